The summed E-state index contributed by atoms with van der Waals surface area (Å²) in [6, 6.07) is 7.90. The van der Waals surface area contributed by atoms with E-state index in [1.807, 2.05) is 54.0 Å². The third-order valence-electron chi connectivity index (χ3n) is 3.11. The second kappa shape index (κ2) is 3.45. The fourth-order valence-electron chi connectivity index (χ4n) is 2.39. The van der Waals surface area contributed by atoms with Crippen molar-refractivity contribution in [2.45, 2.75) is 26.3 Å². The van der Waals surface area contributed by atoms with Crippen LogP contribution in [-0.4, -0.2) is 14.0 Å². The summed E-state index contributed by atoms with van der Waals surface area (Å²) in [5.74, 6) is 0. The maximum Gasteiger partial charge on any atom is 0.277 e. The van der Waals surface area contributed by atoms with Crippen molar-refractivity contribution in [1.82, 2.24) is 14.0 Å². The topological polar surface area (TPSA) is 39.3 Å². The second-order valence-electron chi connectivity index (χ2n) is 5.45. The number of fused-ring (bicyclic) bond motifs is 3. The average Bonchev–Trinajstić information content (AvgIpc) is 2.77. The van der Waals surface area contributed by atoms with Gasteiger partial charge in [-0.1, -0.05) is 12.1 Å². The minimum atomic E-state index is -0.261. The minimum Gasteiger partial charge on any atom is -0.300 e. The Morgan fingerprint density at radius 2 is 1.72 bits per heavy atom. The van der Waals surface area contributed by atoms with Crippen LogP contribution in [0.2, 0.25) is 0 Å². The number of imidazole rings is 1. The van der Waals surface area contributed by atoms with Crippen LogP contribution in [0, 0.1) is 0 Å². The van der Waals surface area contributed by atoms with Crippen LogP contribution in [0.15, 0.2) is 41.6 Å². The molecule has 4 nitrogen and oxygen atoms in total. The second-order valence-corrected chi connectivity index (χ2v) is 5.45. The molecule has 0 fully saturated rings. The van der Waals surface area contributed by atoms with Crippen LogP contribution in [0.5, 0.6) is 0 Å². The first-order valence-corrected chi connectivity index (χ1v) is 5.96. The van der Waals surface area contributed by atoms with E-state index in [-0.39, 0.29) is 11.1 Å². The van der Waals surface area contributed by atoms with E-state index < -0.39 is 0 Å². The molecule has 0 aliphatic heterocycles. The lowest BCUT2D eigenvalue weighted by Crippen LogP contribution is -2.34. The Hall–Kier alpha value is -2.10. The first-order chi connectivity index (χ1) is 8.50. The quantitative estimate of drug-likeness (QED) is 0.606. The van der Waals surface area contributed by atoms with Crippen LogP contribution < -0.4 is 5.56 Å². The zero-order valence-electron chi connectivity index (χ0n) is 10.7. The van der Waals surface area contributed by atoms with Crippen molar-refractivity contribution in [3.63, 3.8) is 0 Å². The Morgan fingerprint density at radius 3 is 2.39 bits per heavy atom. The van der Waals surface area contributed by atoms with Crippen molar-refractivity contribution in [1.29, 1.82) is 0 Å². The van der Waals surface area contributed by atoms with Crippen LogP contribution in [0.1, 0.15) is 20.8 Å². The molecule has 0 saturated heterocycles. The summed E-state index contributed by atoms with van der Waals surface area (Å²) in [4.78, 5) is 16.6. The normalized spacial score (nSPS) is 12.4. The standard InChI is InChI=1S/C14H15N3O/c1-14(2,3)17-11-7-5-4-6-10(11)16-9-15-8-12(16)13(17)18/h4-9H,1-3H3. The third kappa shape index (κ3) is 1.38. The molecule has 0 aliphatic rings. The van der Waals surface area contributed by atoms with Gasteiger partial charge in [-0.25, -0.2) is 4.98 Å². The van der Waals surface area contributed by atoms with Gasteiger partial charge in [-0.2, -0.15) is 0 Å². The highest BCUT2D eigenvalue weighted by Crippen LogP contribution is 2.20. The molecule has 0 atom stereocenters. The number of aromatic nitrogens is 3. The number of rotatable bonds is 0. The van der Waals surface area contributed by atoms with Crippen LogP contribution in [0.25, 0.3) is 16.6 Å². The molecule has 3 rings (SSSR count). The largest absolute Gasteiger partial charge is 0.300 e. The van der Waals surface area contributed by atoms with Crippen molar-refractivity contribution in [3.8, 4) is 0 Å². The molecule has 2 aromatic heterocycles. The Labute approximate surface area is 105 Å². The molecule has 0 amide bonds. The molecule has 0 radical (unpaired) electrons. The Morgan fingerprint density at radius 1 is 1.06 bits per heavy atom. The number of hydrogen-bond donors (Lipinski definition) is 0. The van der Waals surface area contributed by atoms with E-state index in [4.69, 9.17) is 0 Å². The first-order valence-electron chi connectivity index (χ1n) is 5.96. The highest BCUT2D eigenvalue weighted by atomic mass is 16.1. The van der Waals surface area contributed by atoms with Gasteiger partial charge in [0.05, 0.1) is 23.6 Å². The lowest BCUT2D eigenvalue weighted by atomic mass is 10.1. The van der Waals surface area contributed by atoms with E-state index in [0.29, 0.717) is 5.52 Å². The Bertz CT molecular complexity index is 790. The summed E-state index contributed by atoms with van der Waals surface area (Å²) in [5, 5.41) is 0. The molecule has 3 aromatic rings. The van der Waals surface area contributed by atoms with Gasteiger partial charge in [0.1, 0.15) is 5.52 Å². The van der Waals surface area contributed by atoms with Crippen LogP contribution in [0.4, 0.5) is 0 Å². The third-order valence-corrected chi connectivity index (χ3v) is 3.11. The molecule has 0 N–H and O–H groups in total. The molecule has 0 unspecified atom stereocenters. The van der Waals surface area contributed by atoms with Gasteiger partial charge in [-0.05, 0) is 32.9 Å². The van der Waals surface area contributed by atoms with Gasteiger partial charge < -0.3 is 0 Å². The molecule has 0 aliphatic carbocycles. The maximum atomic E-state index is 12.6. The SMILES string of the molecule is CC(C)(C)n1c(=O)c2cncn2c2ccccc21. The zero-order chi connectivity index (χ0) is 12.9. The molecule has 1 aromatic carbocycles. The van der Waals surface area contributed by atoms with Gasteiger partial charge in [0.25, 0.3) is 5.56 Å². The van der Waals surface area contributed by atoms with E-state index in [1.54, 1.807) is 12.5 Å². The average molecular weight is 241 g/mol. The van der Waals surface area contributed by atoms with Crippen LogP contribution in [0.3, 0.4) is 0 Å². The summed E-state index contributed by atoms with van der Waals surface area (Å²) in [6.07, 6.45) is 3.31. The number of hydrogen-bond acceptors (Lipinski definition) is 2. The summed E-state index contributed by atoms with van der Waals surface area (Å²) < 4.78 is 3.68. The van der Waals surface area contributed by atoms with Gasteiger partial charge in [0.15, 0.2) is 0 Å². The maximum absolute atomic E-state index is 12.6. The van der Waals surface area contributed by atoms with E-state index in [0.717, 1.165) is 11.0 Å². The van der Waals surface area contributed by atoms with Gasteiger partial charge in [-0.3, -0.25) is 13.8 Å². The summed E-state index contributed by atoms with van der Waals surface area (Å²) >= 11 is 0. The fraction of sp³-hybridized carbons (Fsp3) is 0.286. The lowest BCUT2D eigenvalue weighted by molar-refractivity contribution is 0.399. The van der Waals surface area contributed by atoms with E-state index in [9.17, 15) is 4.79 Å². The summed E-state index contributed by atoms with van der Waals surface area (Å²) in [6.45, 7) is 6.11. The molecule has 0 saturated carbocycles. The number of nitrogens with zero attached hydrogens (tertiary/aromatic N) is 3. The van der Waals surface area contributed by atoms with E-state index in [2.05, 4.69) is 4.98 Å². The fourth-order valence-corrected chi connectivity index (χ4v) is 2.39. The molecular formula is C14H15N3O. The van der Waals surface area contributed by atoms with Gasteiger partial charge in [-0.15, -0.1) is 0 Å². The van der Waals surface area contributed by atoms with Crippen molar-refractivity contribution in [2.24, 2.45) is 0 Å². The molecule has 0 spiro atoms. The predicted octanol–water partition coefficient (Wildman–Crippen LogP) is 2.40. The van der Waals surface area contributed by atoms with E-state index in [1.165, 1.54) is 0 Å². The van der Waals surface area contributed by atoms with Crippen molar-refractivity contribution in [3.05, 3.63) is 47.1 Å². The molecule has 18 heavy (non-hydrogen) atoms. The van der Waals surface area contributed by atoms with Crippen LogP contribution >= 0.6 is 0 Å². The predicted molar refractivity (Wildman–Crippen MR) is 72.0 cm³/mol. The van der Waals surface area contributed by atoms with Crippen molar-refractivity contribution >= 4 is 16.6 Å². The van der Waals surface area contributed by atoms with Gasteiger partial charge >= 0.3 is 0 Å². The zero-order valence-corrected chi connectivity index (χ0v) is 10.7. The van der Waals surface area contributed by atoms with Gasteiger partial charge in [0.2, 0.25) is 0 Å². The minimum absolute atomic E-state index is 0.00120. The van der Waals surface area contributed by atoms with Crippen molar-refractivity contribution in [2.75, 3.05) is 0 Å². The summed E-state index contributed by atoms with van der Waals surface area (Å²) in [5.41, 5.74) is 2.28. The highest BCUT2D eigenvalue weighted by Gasteiger charge is 2.20. The smallest absolute Gasteiger partial charge is 0.277 e. The number of benzene rings is 1. The first kappa shape index (κ1) is 11.0. The Kier molecular flexibility index (Phi) is 2.11. The monoisotopic (exact) mass is 241 g/mol. The molecule has 2 heterocycles. The van der Waals surface area contributed by atoms with E-state index >= 15 is 0 Å². The number of para-hydroxylation sites is 2. The Balaban J connectivity index is 2.67. The molecule has 0 bridgehead atoms. The van der Waals surface area contributed by atoms with Gasteiger partial charge in [0, 0.05) is 5.54 Å². The molecule has 92 valence electrons. The highest BCUT2D eigenvalue weighted by molar-refractivity contribution is 5.78. The summed E-state index contributed by atoms with van der Waals surface area (Å²) in [7, 11) is 0. The van der Waals surface area contributed by atoms with Crippen LogP contribution in [-0.2, 0) is 5.54 Å². The lowest BCUT2D eigenvalue weighted by Gasteiger charge is -2.25. The molecule has 4 heteroatoms. The van der Waals surface area contributed by atoms with Crippen molar-refractivity contribution < 1.29 is 0 Å². The molecular weight excluding hydrogens is 226 g/mol.